The molecule has 2 aliphatic carbocycles. The van der Waals surface area contributed by atoms with E-state index in [0.29, 0.717) is 0 Å². The summed E-state index contributed by atoms with van der Waals surface area (Å²) in [5.74, 6) is 0. The van der Waals surface area contributed by atoms with E-state index in [0.717, 1.165) is 68.6 Å². The van der Waals surface area contributed by atoms with Crippen molar-refractivity contribution in [1.29, 1.82) is 0 Å². The minimum absolute atomic E-state index is 0.298. The normalized spacial score (nSPS) is 13.2. The fourth-order valence-electron chi connectivity index (χ4n) is 8.73. The molecule has 2 aliphatic rings. The average molecular weight is 822 g/mol. The Labute approximate surface area is 323 Å². The fourth-order valence-corrected chi connectivity index (χ4v) is 13.9. The van der Waals surface area contributed by atoms with Gasteiger partial charge in [-0.3, -0.25) is 0 Å². The van der Waals surface area contributed by atoms with Crippen molar-refractivity contribution in [2.45, 2.75) is 109 Å². The zero-order chi connectivity index (χ0) is 35.8. The third kappa shape index (κ3) is 7.96. The topological polar surface area (TPSA) is 18.5 Å². The van der Waals surface area contributed by atoms with E-state index in [-0.39, 0.29) is 5.41 Å². The summed E-state index contributed by atoms with van der Waals surface area (Å²) in [6.45, 7) is 17.0. The van der Waals surface area contributed by atoms with Gasteiger partial charge in [-0.05, 0) is 105 Å². The number of benzene rings is 4. The first-order valence-corrected chi connectivity index (χ1v) is 30.2. The molecule has 50 heavy (non-hydrogen) atoms. The predicted molar refractivity (Wildman–Crippen MR) is 217 cm³/mol. The zero-order valence-electron chi connectivity index (χ0n) is 31.0. The maximum atomic E-state index is 7.48. The summed E-state index contributed by atoms with van der Waals surface area (Å²) in [7, 11) is 6.23. The minimum atomic E-state index is -1.90. The Bertz CT molecular complexity index is 1610. The van der Waals surface area contributed by atoms with E-state index < -0.39 is 37.5 Å². The molecule has 0 saturated heterocycles. The summed E-state index contributed by atoms with van der Waals surface area (Å²) in [6, 6.07) is 39.2. The standard InChI is InChI=1S/C43H55O2Si2.2ClH.Zr/c1-7-46(8-2,9-3)44-29-19-28-43(32-45-47(10-4,11-5)12-6,41-26-17-24-37-35-22-15-13-20-33(35)30-39(37)41)42-27-18-25-38-36-23-16-14-21-34(36)31-40(38)42;;;/h13-18,20-27,29H,7-12,19,28,30-32H2,1-6H3;2*1H;/q-1;;;+2/p-2. The van der Waals surface area contributed by atoms with Gasteiger partial charge in [-0.15, -0.1) is 0 Å². The van der Waals surface area contributed by atoms with Crippen LogP contribution in [0, 0.1) is 6.61 Å². The van der Waals surface area contributed by atoms with Gasteiger partial charge >= 0.3 is 37.9 Å². The summed E-state index contributed by atoms with van der Waals surface area (Å²) in [6.07, 6.45) is 3.84. The number of hydrogen-bond acceptors (Lipinski definition) is 2. The van der Waals surface area contributed by atoms with Crippen LogP contribution < -0.4 is 0 Å². The number of halogens is 2. The molecule has 0 radical (unpaired) electrons. The molecular formula is C43H55Cl2O2Si2Zr-. The molecule has 6 rings (SSSR count). The van der Waals surface area contributed by atoms with E-state index in [1.165, 1.54) is 55.6 Å². The average Bonchev–Trinajstić information content (AvgIpc) is 3.74. The van der Waals surface area contributed by atoms with Gasteiger partial charge in [0.25, 0.3) is 0 Å². The first-order valence-electron chi connectivity index (χ1n) is 18.8. The molecule has 0 bridgehead atoms. The Morgan fingerprint density at radius 2 is 1.02 bits per heavy atom. The molecule has 0 aromatic heterocycles. The Morgan fingerprint density at radius 1 is 0.600 bits per heavy atom. The van der Waals surface area contributed by atoms with Crippen molar-refractivity contribution in [3.8, 4) is 22.3 Å². The maximum absolute atomic E-state index is 7.48. The van der Waals surface area contributed by atoms with Crippen LogP contribution in [0.25, 0.3) is 22.3 Å². The first-order chi connectivity index (χ1) is 24.3. The van der Waals surface area contributed by atoms with Gasteiger partial charge in [-0.25, -0.2) is 6.61 Å². The molecule has 2 nitrogen and oxygen atoms in total. The summed E-state index contributed by atoms with van der Waals surface area (Å²) in [5, 5.41) is 0. The van der Waals surface area contributed by atoms with Crippen LogP contribution in [0.3, 0.4) is 0 Å². The van der Waals surface area contributed by atoms with E-state index in [4.69, 9.17) is 25.9 Å². The monoisotopic (exact) mass is 819 g/mol. The van der Waals surface area contributed by atoms with Crippen LogP contribution >= 0.6 is 17.0 Å². The van der Waals surface area contributed by atoms with Crippen molar-refractivity contribution in [2.24, 2.45) is 0 Å². The van der Waals surface area contributed by atoms with Crippen LogP contribution in [0.1, 0.15) is 87.8 Å². The molecule has 0 saturated carbocycles. The molecule has 7 heteroatoms. The molecule has 0 spiro atoms. The third-order valence-corrected chi connectivity index (χ3v) is 21.4. The van der Waals surface area contributed by atoms with Gasteiger partial charge in [0.1, 0.15) is 0 Å². The van der Waals surface area contributed by atoms with Crippen molar-refractivity contribution < 1.29 is 29.7 Å². The van der Waals surface area contributed by atoms with Gasteiger partial charge < -0.3 is 8.85 Å². The van der Waals surface area contributed by atoms with E-state index in [1.54, 1.807) is 0 Å². The molecule has 0 amide bonds. The van der Waals surface area contributed by atoms with Gasteiger partial charge in [0.05, 0.1) is 0 Å². The molecule has 266 valence electrons. The second-order valence-electron chi connectivity index (χ2n) is 14.1. The van der Waals surface area contributed by atoms with Crippen molar-refractivity contribution in [3.63, 3.8) is 0 Å². The molecule has 0 aliphatic heterocycles. The summed E-state index contributed by atoms with van der Waals surface area (Å²) >= 11 is -0.826. The molecule has 4 aromatic rings. The van der Waals surface area contributed by atoms with E-state index in [1.807, 2.05) is 0 Å². The molecule has 0 unspecified atom stereocenters. The molecular weight excluding hydrogens is 767 g/mol. The Balaban J connectivity index is 0.00000156. The van der Waals surface area contributed by atoms with Crippen molar-refractivity contribution in [2.75, 3.05) is 6.61 Å². The van der Waals surface area contributed by atoms with E-state index in [9.17, 15) is 0 Å². The Morgan fingerprint density at radius 3 is 1.46 bits per heavy atom. The van der Waals surface area contributed by atoms with Crippen LogP contribution in [-0.2, 0) is 48.0 Å². The second kappa shape index (κ2) is 18.2. The van der Waals surface area contributed by atoms with Crippen molar-refractivity contribution in [1.82, 2.24) is 0 Å². The fraction of sp³-hybridized carbons (Fsp3) is 0.419. The zero-order valence-corrected chi connectivity index (χ0v) is 37.0. The van der Waals surface area contributed by atoms with Crippen LogP contribution in [0.2, 0.25) is 36.3 Å². The molecule has 0 atom stereocenters. The van der Waals surface area contributed by atoms with Gasteiger partial charge in [0.15, 0.2) is 16.6 Å². The summed E-state index contributed by atoms with van der Waals surface area (Å²) in [4.78, 5) is 0. The Kier molecular flexibility index (Phi) is 14.5. The SMILES string of the molecule is CC[Si](CC)(CC)O[CH-]CCC(CO[Si](CC)(CC)CC)(c1cccc2c1Cc1ccccc1-2)c1cccc2c1Cc1ccccc1-2.[Cl][Zr][Cl]. The number of fused-ring (bicyclic) bond motifs is 6. The van der Waals surface area contributed by atoms with Crippen molar-refractivity contribution in [3.05, 3.63) is 125 Å². The molecule has 0 N–H and O–H groups in total. The van der Waals surface area contributed by atoms with Crippen LogP contribution in [0.4, 0.5) is 0 Å². The second-order valence-corrected chi connectivity index (χ2v) is 27.3. The van der Waals surface area contributed by atoms with E-state index in [2.05, 4.69) is 133 Å². The van der Waals surface area contributed by atoms with Crippen LogP contribution in [-0.4, -0.2) is 23.2 Å². The summed E-state index contributed by atoms with van der Waals surface area (Å²) < 4.78 is 14.3. The quantitative estimate of drug-likeness (QED) is 0.0550. The number of rotatable bonds is 16. The summed E-state index contributed by atoms with van der Waals surface area (Å²) in [5.41, 5.74) is 14.1. The van der Waals surface area contributed by atoms with Gasteiger partial charge in [-0.1, -0.05) is 133 Å². The first kappa shape index (κ1) is 39.9. The third-order valence-electron chi connectivity index (χ3n) is 12.2. The Hall–Kier alpha value is -1.30. The predicted octanol–water partition coefficient (Wildman–Crippen LogP) is 13.5. The molecule has 4 aromatic carbocycles. The molecule has 0 heterocycles. The van der Waals surface area contributed by atoms with E-state index >= 15 is 0 Å². The van der Waals surface area contributed by atoms with Gasteiger partial charge in [0, 0.05) is 12.0 Å². The van der Waals surface area contributed by atoms with Gasteiger partial charge in [0.2, 0.25) is 0 Å². The molecule has 0 fully saturated rings. The van der Waals surface area contributed by atoms with Crippen LogP contribution in [0.15, 0.2) is 84.9 Å². The van der Waals surface area contributed by atoms with Crippen molar-refractivity contribution >= 4 is 33.7 Å². The number of hydrogen-bond donors (Lipinski definition) is 0. The van der Waals surface area contributed by atoms with Gasteiger partial charge in [-0.2, -0.15) is 6.42 Å². The van der Waals surface area contributed by atoms with Crippen LogP contribution in [0.5, 0.6) is 0 Å².